The molecule has 0 bridgehead atoms. The van der Waals surface area contributed by atoms with E-state index in [1.54, 1.807) is 6.20 Å². The summed E-state index contributed by atoms with van der Waals surface area (Å²) in [5.74, 6) is 0.867. The van der Waals surface area contributed by atoms with Gasteiger partial charge in [0.15, 0.2) is 0 Å². The zero-order valence-electron chi connectivity index (χ0n) is 10.0. The third kappa shape index (κ3) is 3.21. The first-order valence-electron chi connectivity index (χ1n) is 5.37. The monoisotopic (exact) mass is 218 g/mol. The van der Waals surface area contributed by atoms with Gasteiger partial charge in [-0.2, -0.15) is 5.26 Å². The van der Waals surface area contributed by atoms with E-state index in [1.807, 2.05) is 37.9 Å². The lowest BCUT2D eigenvalue weighted by Crippen LogP contribution is -2.24. The molecule has 0 saturated carbocycles. The molecule has 1 unspecified atom stereocenters. The minimum atomic E-state index is -0.0000846. The number of nitrogens with two attached hydrogens (primary N) is 1. The predicted molar refractivity (Wildman–Crippen MR) is 64.9 cm³/mol. The highest BCUT2D eigenvalue weighted by Gasteiger charge is 2.07. The Morgan fingerprint density at radius 3 is 2.62 bits per heavy atom. The zero-order chi connectivity index (χ0) is 12.1. The molecule has 0 radical (unpaired) electrons. The number of hydrogen-bond donors (Lipinski definition) is 1. The van der Waals surface area contributed by atoms with E-state index < -0.39 is 0 Å². The average Bonchev–Trinajstić information content (AvgIpc) is 2.28. The second-order valence-electron chi connectivity index (χ2n) is 4.15. The highest BCUT2D eigenvalue weighted by atomic mass is 15.2. The third-order valence-electron chi connectivity index (χ3n) is 2.46. The number of nitriles is 1. The molecule has 1 aromatic rings. The van der Waals surface area contributed by atoms with Gasteiger partial charge in [0.05, 0.1) is 12.0 Å². The van der Waals surface area contributed by atoms with Gasteiger partial charge in [-0.05, 0) is 25.5 Å². The van der Waals surface area contributed by atoms with Crippen LogP contribution in [-0.4, -0.2) is 18.6 Å². The van der Waals surface area contributed by atoms with Crippen molar-refractivity contribution in [1.29, 1.82) is 5.26 Å². The lowest BCUT2D eigenvalue weighted by atomic mass is 10.1. The lowest BCUT2D eigenvalue weighted by molar-refractivity contribution is 0.709. The summed E-state index contributed by atoms with van der Waals surface area (Å²) in [5.41, 5.74) is 6.76. The van der Waals surface area contributed by atoms with Gasteiger partial charge in [-0.1, -0.05) is 6.07 Å². The molecular weight excluding hydrogens is 200 g/mol. The summed E-state index contributed by atoms with van der Waals surface area (Å²) in [4.78, 5) is 6.29. The van der Waals surface area contributed by atoms with E-state index in [-0.39, 0.29) is 12.0 Å². The Morgan fingerprint density at radius 1 is 1.50 bits per heavy atom. The van der Waals surface area contributed by atoms with Crippen molar-refractivity contribution < 1.29 is 0 Å². The first kappa shape index (κ1) is 12.5. The van der Waals surface area contributed by atoms with Crippen LogP contribution in [0.4, 0.5) is 5.82 Å². The van der Waals surface area contributed by atoms with Crippen molar-refractivity contribution in [2.24, 2.45) is 11.7 Å². The van der Waals surface area contributed by atoms with Gasteiger partial charge in [-0.25, -0.2) is 4.98 Å². The number of pyridine rings is 1. The molecule has 1 rings (SSSR count). The van der Waals surface area contributed by atoms with Gasteiger partial charge < -0.3 is 10.6 Å². The molecule has 0 spiro atoms. The molecule has 4 nitrogen and oxygen atoms in total. The van der Waals surface area contributed by atoms with E-state index in [1.165, 1.54) is 0 Å². The minimum absolute atomic E-state index is 0.0000846. The molecule has 16 heavy (non-hydrogen) atoms. The van der Waals surface area contributed by atoms with Crippen molar-refractivity contribution in [2.45, 2.75) is 19.9 Å². The summed E-state index contributed by atoms with van der Waals surface area (Å²) < 4.78 is 0. The van der Waals surface area contributed by atoms with Crippen LogP contribution in [0.1, 0.15) is 25.5 Å². The van der Waals surface area contributed by atoms with E-state index in [9.17, 15) is 0 Å². The SMILES string of the molecule is CC(C#N)CN(C)c1ccc([C@@H](C)N)cn1. The number of rotatable bonds is 4. The molecule has 2 N–H and O–H groups in total. The number of aromatic nitrogens is 1. The highest BCUT2D eigenvalue weighted by Crippen LogP contribution is 2.14. The van der Waals surface area contributed by atoms with Crippen LogP contribution in [0.25, 0.3) is 0 Å². The summed E-state index contributed by atoms with van der Waals surface area (Å²) in [6.45, 7) is 4.51. The molecule has 1 aromatic heterocycles. The van der Waals surface area contributed by atoms with Crippen LogP contribution in [0.2, 0.25) is 0 Å². The van der Waals surface area contributed by atoms with E-state index in [0.717, 1.165) is 11.4 Å². The molecule has 0 fully saturated rings. The third-order valence-corrected chi connectivity index (χ3v) is 2.46. The summed E-state index contributed by atoms with van der Waals surface area (Å²) in [6, 6.07) is 6.12. The maximum absolute atomic E-state index is 8.73. The highest BCUT2D eigenvalue weighted by molar-refractivity contribution is 5.39. The summed E-state index contributed by atoms with van der Waals surface area (Å²) in [7, 11) is 1.93. The summed E-state index contributed by atoms with van der Waals surface area (Å²) in [5, 5.41) is 8.73. The normalized spacial score (nSPS) is 13.9. The fourth-order valence-electron chi connectivity index (χ4n) is 1.44. The van der Waals surface area contributed by atoms with Crippen LogP contribution in [0.5, 0.6) is 0 Å². The Kier molecular flexibility index (Phi) is 4.27. The van der Waals surface area contributed by atoms with Crippen LogP contribution in [-0.2, 0) is 0 Å². The Bertz CT molecular complexity index is 364. The largest absolute Gasteiger partial charge is 0.358 e. The fraction of sp³-hybridized carbons (Fsp3) is 0.500. The number of hydrogen-bond acceptors (Lipinski definition) is 4. The fourth-order valence-corrected chi connectivity index (χ4v) is 1.44. The number of nitrogens with zero attached hydrogens (tertiary/aromatic N) is 3. The van der Waals surface area contributed by atoms with Crippen LogP contribution in [0.3, 0.4) is 0 Å². The van der Waals surface area contributed by atoms with Gasteiger partial charge in [0, 0.05) is 25.8 Å². The number of anilines is 1. The predicted octanol–water partition coefficient (Wildman–Crippen LogP) is 1.70. The molecule has 0 aromatic carbocycles. The molecule has 4 heteroatoms. The Morgan fingerprint density at radius 2 is 2.19 bits per heavy atom. The lowest BCUT2D eigenvalue weighted by Gasteiger charge is -2.19. The van der Waals surface area contributed by atoms with Gasteiger partial charge in [-0.15, -0.1) is 0 Å². The second-order valence-corrected chi connectivity index (χ2v) is 4.15. The standard InChI is InChI=1S/C12H18N4/c1-9(6-13)8-16(3)12-5-4-11(7-15-12)10(2)14/h4-5,7,9-10H,8,14H2,1-3H3/t9?,10-/m1/s1. The molecule has 86 valence electrons. The van der Waals surface area contributed by atoms with Gasteiger partial charge in [-0.3, -0.25) is 0 Å². The maximum Gasteiger partial charge on any atom is 0.128 e. The van der Waals surface area contributed by atoms with Crippen molar-refractivity contribution >= 4 is 5.82 Å². The smallest absolute Gasteiger partial charge is 0.128 e. The first-order chi connectivity index (χ1) is 7.54. The molecule has 1 heterocycles. The summed E-state index contributed by atoms with van der Waals surface area (Å²) >= 11 is 0. The average molecular weight is 218 g/mol. The van der Waals surface area contributed by atoms with Crippen molar-refractivity contribution in [1.82, 2.24) is 4.98 Å². The molecule has 0 saturated heterocycles. The quantitative estimate of drug-likeness (QED) is 0.835. The van der Waals surface area contributed by atoms with Gasteiger partial charge >= 0.3 is 0 Å². The van der Waals surface area contributed by atoms with Gasteiger partial charge in [0.25, 0.3) is 0 Å². The molecule has 0 amide bonds. The van der Waals surface area contributed by atoms with E-state index in [0.29, 0.717) is 6.54 Å². The maximum atomic E-state index is 8.73. The molecular formula is C12H18N4. The zero-order valence-corrected chi connectivity index (χ0v) is 10.0. The van der Waals surface area contributed by atoms with Crippen molar-refractivity contribution in [2.75, 3.05) is 18.5 Å². The van der Waals surface area contributed by atoms with Crippen molar-refractivity contribution in [3.8, 4) is 6.07 Å². The summed E-state index contributed by atoms with van der Waals surface area (Å²) in [6.07, 6.45) is 1.79. The van der Waals surface area contributed by atoms with Crippen molar-refractivity contribution in [3.63, 3.8) is 0 Å². The Labute approximate surface area is 96.7 Å². The molecule has 0 aliphatic heterocycles. The van der Waals surface area contributed by atoms with E-state index in [2.05, 4.69) is 11.1 Å². The molecule has 0 aliphatic rings. The minimum Gasteiger partial charge on any atom is -0.358 e. The first-order valence-corrected chi connectivity index (χ1v) is 5.37. The van der Waals surface area contributed by atoms with Crippen LogP contribution < -0.4 is 10.6 Å². The molecule has 2 atom stereocenters. The van der Waals surface area contributed by atoms with Gasteiger partial charge in [0.1, 0.15) is 5.82 Å². The Hall–Kier alpha value is -1.60. The second kappa shape index (κ2) is 5.47. The van der Waals surface area contributed by atoms with Crippen LogP contribution in [0.15, 0.2) is 18.3 Å². The van der Waals surface area contributed by atoms with Crippen molar-refractivity contribution in [3.05, 3.63) is 23.9 Å². The van der Waals surface area contributed by atoms with Crippen LogP contribution in [0, 0.1) is 17.2 Å². The Balaban J connectivity index is 2.71. The topological polar surface area (TPSA) is 65.9 Å². The van der Waals surface area contributed by atoms with Gasteiger partial charge in [0.2, 0.25) is 0 Å². The van der Waals surface area contributed by atoms with Crippen LogP contribution >= 0.6 is 0 Å². The van der Waals surface area contributed by atoms with E-state index >= 15 is 0 Å². The van der Waals surface area contributed by atoms with E-state index in [4.69, 9.17) is 11.0 Å². The molecule has 0 aliphatic carbocycles.